The zero-order valence-corrected chi connectivity index (χ0v) is 12.8. The zero-order chi connectivity index (χ0) is 13.7. The second-order valence-corrected chi connectivity index (χ2v) is 6.65. The molecule has 1 aromatic rings. The molecule has 1 atom stereocenters. The Bertz CT molecular complexity index is 373. The first-order valence-corrected chi connectivity index (χ1v) is 7.93. The van der Waals surface area contributed by atoms with Crippen LogP contribution in [0.25, 0.3) is 0 Å². The van der Waals surface area contributed by atoms with Gasteiger partial charge in [-0.3, -0.25) is 0 Å². The van der Waals surface area contributed by atoms with Gasteiger partial charge in [0.05, 0.1) is 0 Å². The summed E-state index contributed by atoms with van der Waals surface area (Å²) in [7, 11) is 0. The van der Waals surface area contributed by atoms with E-state index in [-0.39, 0.29) is 0 Å². The Labute approximate surface area is 118 Å². The lowest BCUT2D eigenvalue weighted by Crippen LogP contribution is -2.26. The monoisotopic (exact) mass is 259 g/mol. The Hall–Kier alpha value is -0.820. The molecule has 0 aromatic heterocycles. The zero-order valence-electron chi connectivity index (χ0n) is 12.8. The molecule has 1 saturated carbocycles. The first-order chi connectivity index (χ1) is 9.15. The summed E-state index contributed by atoms with van der Waals surface area (Å²) in [5.41, 5.74) is 2.98. The minimum absolute atomic E-state index is 0.795. The summed E-state index contributed by atoms with van der Waals surface area (Å²) in [5.74, 6) is 1.62. The van der Waals surface area contributed by atoms with Crippen LogP contribution in [0.1, 0.15) is 50.7 Å². The normalized spacial score (nSPS) is 16.8. The fourth-order valence-electron chi connectivity index (χ4n) is 2.62. The molecule has 2 rings (SSSR count). The molecular weight excluding hydrogens is 230 g/mol. The van der Waals surface area contributed by atoms with Crippen LogP contribution in [0.5, 0.6) is 0 Å². The van der Waals surface area contributed by atoms with Crippen molar-refractivity contribution in [2.24, 2.45) is 11.8 Å². The molecule has 1 aromatic carbocycles. The third-order valence-corrected chi connectivity index (χ3v) is 4.19. The van der Waals surface area contributed by atoms with Gasteiger partial charge in [-0.1, -0.05) is 44.5 Å². The van der Waals surface area contributed by atoms with Crippen LogP contribution < -0.4 is 5.32 Å². The molecule has 1 unspecified atom stereocenters. The molecule has 0 heterocycles. The minimum atomic E-state index is 0.795. The van der Waals surface area contributed by atoms with E-state index in [1.807, 2.05) is 0 Å². The van der Waals surface area contributed by atoms with Crippen molar-refractivity contribution in [1.82, 2.24) is 5.32 Å². The minimum Gasteiger partial charge on any atom is -0.314 e. The van der Waals surface area contributed by atoms with E-state index >= 15 is 0 Å². The largest absolute Gasteiger partial charge is 0.314 e. The molecule has 0 radical (unpaired) electrons. The maximum Gasteiger partial charge on any atom is 0.00683 e. The summed E-state index contributed by atoms with van der Waals surface area (Å²) in [5, 5.41) is 3.72. The van der Waals surface area contributed by atoms with Crippen LogP contribution in [0.4, 0.5) is 0 Å². The number of benzene rings is 1. The number of rotatable bonds is 8. The molecule has 0 amide bonds. The first-order valence-electron chi connectivity index (χ1n) is 7.93. The van der Waals surface area contributed by atoms with Gasteiger partial charge in [-0.2, -0.15) is 0 Å². The second kappa shape index (κ2) is 7.09. The Kier molecular flexibility index (Phi) is 5.45. The van der Waals surface area contributed by atoms with Crippen molar-refractivity contribution in [3.63, 3.8) is 0 Å². The average Bonchev–Trinajstić information content (AvgIpc) is 3.19. The molecule has 1 aliphatic rings. The first kappa shape index (κ1) is 14.6. The summed E-state index contributed by atoms with van der Waals surface area (Å²) in [4.78, 5) is 0. The summed E-state index contributed by atoms with van der Waals surface area (Å²) >= 11 is 0. The maximum absolute atomic E-state index is 3.72. The Morgan fingerprint density at radius 1 is 1.16 bits per heavy atom. The molecular formula is C18H29N. The standard InChI is InChI=1S/C18H29N/c1-14(2)8-9-16(13-19-18-10-11-18)12-17-7-5-4-6-15(17)3/h4-7,14,16,18-19H,8-13H2,1-3H3. The Balaban J connectivity index is 1.89. The Morgan fingerprint density at radius 2 is 1.89 bits per heavy atom. The second-order valence-electron chi connectivity index (χ2n) is 6.65. The fraction of sp³-hybridized carbons (Fsp3) is 0.667. The number of hydrogen-bond acceptors (Lipinski definition) is 1. The van der Waals surface area contributed by atoms with Gasteiger partial charge in [0.15, 0.2) is 0 Å². The van der Waals surface area contributed by atoms with Gasteiger partial charge in [-0.25, -0.2) is 0 Å². The topological polar surface area (TPSA) is 12.0 Å². The van der Waals surface area contributed by atoms with Crippen LogP contribution in [0.15, 0.2) is 24.3 Å². The number of aryl methyl sites for hydroxylation is 1. The number of nitrogens with one attached hydrogen (secondary N) is 1. The molecule has 0 aliphatic heterocycles. The van der Waals surface area contributed by atoms with Crippen LogP contribution in [-0.4, -0.2) is 12.6 Å². The van der Waals surface area contributed by atoms with Crippen molar-refractivity contribution in [3.05, 3.63) is 35.4 Å². The third kappa shape index (κ3) is 5.36. The lowest BCUT2D eigenvalue weighted by Gasteiger charge is -2.20. The van der Waals surface area contributed by atoms with E-state index in [1.54, 1.807) is 0 Å². The highest BCUT2D eigenvalue weighted by Gasteiger charge is 2.22. The van der Waals surface area contributed by atoms with Gasteiger partial charge in [-0.15, -0.1) is 0 Å². The number of hydrogen-bond donors (Lipinski definition) is 1. The quantitative estimate of drug-likeness (QED) is 0.732. The molecule has 0 saturated heterocycles. The van der Waals surface area contributed by atoms with Gasteiger partial charge < -0.3 is 5.32 Å². The SMILES string of the molecule is Cc1ccccc1CC(CCC(C)C)CNC1CC1. The van der Waals surface area contributed by atoms with Crippen molar-refractivity contribution in [2.45, 2.75) is 58.9 Å². The maximum atomic E-state index is 3.72. The van der Waals surface area contributed by atoms with Gasteiger partial charge in [0, 0.05) is 6.04 Å². The smallest absolute Gasteiger partial charge is 0.00683 e. The van der Waals surface area contributed by atoms with Crippen molar-refractivity contribution >= 4 is 0 Å². The van der Waals surface area contributed by atoms with E-state index in [9.17, 15) is 0 Å². The average molecular weight is 259 g/mol. The molecule has 0 spiro atoms. The van der Waals surface area contributed by atoms with E-state index < -0.39 is 0 Å². The molecule has 0 bridgehead atoms. The van der Waals surface area contributed by atoms with Gasteiger partial charge in [0.1, 0.15) is 0 Å². The van der Waals surface area contributed by atoms with Crippen molar-refractivity contribution in [1.29, 1.82) is 0 Å². The van der Waals surface area contributed by atoms with Crippen LogP contribution in [0.2, 0.25) is 0 Å². The molecule has 1 fully saturated rings. The van der Waals surface area contributed by atoms with Crippen molar-refractivity contribution in [3.8, 4) is 0 Å². The predicted octanol–water partition coefficient (Wildman–Crippen LogP) is 4.34. The van der Waals surface area contributed by atoms with E-state index in [4.69, 9.17) is 0 Å². The van der Waals surface area contributed by atoms with Crippen LogP contribution in [0, 0.1) is 18.8 Å². The van der Waals surface area contributed by atoms with Crippen LogP contribution in [-0.2, 0) is 6.42 Å². The summed E-state index contributed by atoms with van der Waals surface area (Å²) < 4.78 is 0. The molecule has 1 N–H and O–H groups in total. The van der Waals surface area contributed by atoms with Gasteiger partial charge in [0.25, 0.3) is 0 Å². The van der Waals surface area contributed by atoms with Crippen LogP contribution in [0.3, 0.4) is 0 Å². The lowest BCUT2D eigenvalue weighted by molar-refractivity contribution is 0.397. The van der Waals surface area contributed by atoms with Gasteiger partial charge in [-0.05, 0) is 62.1 Å². The third-order valence-electron chi connectivity index (χ3n) is 4.19. The van der Waals surface area contributed by atoms with E-state index in [0.29, 0.717) is 0 Å². The molecule has 1 heteroatoms. The molecule has 1 aliphatic carbocycles. The van der Waals surface area contributed by atoms with Gasteiger partial charge in [0.2, 0.25) is 0 Å². The Morgan fingerprint density at radius 3 is 2.53 bits per heavy atom. The van der Waals surface area contributed by atoms with E-state index in [2.05, 4.69) is 50.4 Å². The molecule has 106 valence electrons. The summed E-state index contributed by atoms with van der Waals surface area (Å²) in [6, 6.07) is 9.69. The summed E-state index contributed by atoms with van der Waals surface area (Å²) in [6.07, 6.45) is 6.72. The highest BCUT2D eigenvalue weighted by Crippen LogP contribution is 2.22. The highest BCUT2D eigenvalue weighted by atomic mass is 14.9. The summed E-state index contributed by atoms with van der Waals surface area (Å²) in [6.45, 7) is 8.10. The predicted molar refractivity (Wildman–Crippen MR) is 83.5 cm³/mol. The van der Waals surface area contributed by atoms with E-state index in [0.717, 1.165) is 17.9 Å². The van der Waals surface area contributed by atoms with Crippen molar-refractivity contribution < 1.29 is 0 Å². The van der Waals surface area contributed by atoms with Gasteiger partial charge >= 0.3 is 0 Å². The highest BCUT2D eigenvalue weighted by molar-refractivity contribution is 5.26. The molecule has 19 heavy (non-hydrogen) atoms. The lowest BCUT2D eigenvalue weighted by atomic mass is 9.90. The molecule has 1 nitrogen and oxygen atoms in total. The van der Waals surface area contributed by atoms with E-state index in [1.165, 1.54) is 49.8 Å². The van der Waals surface area contributed by atoms with Crippen LogP contribution >= 0.6 is 0 Å². The van der Waals surface area contributed by atoms with Crippen molar-refractivity contribution in [2.75, 3.05) is 6.54 Å². The fourth-order valence-corrected chi connectivity index (χ4v) is 2.62.